The molecule has 1 saturated heterocycles. The molecule has 1 heterocycles. The van der Waals surface area contributed by atoms with Gasteiger partial charge >= 0.3 is 5.97 Å². The zero-order valence-electron chi connectivity index (χ0n) is 10.5. The topological polar surface area (TPSA) is 95.0 Å². The molecule has 18 heavy (non-hydrogen) atoms. The van der Waals surface area contributed by atoms with Crippen LogP contribution >= 0.6 is 0 Å². The van der Waals surface area contributed by atoms with E-state index in [9.17, 15) is 18.0 Å². The van der Waals surface area contributed by atoms with Crippen LogP contribution in [0, 0.1) is 0 Å². The Morgan fingerprint density at radius 3 is 2.56 bits per heavy atom. The summed E-state index contributed by atoms with van der Waals surface area (Å²) in [7, 11) is -1.90. The summed E-state index contributed by atoms with van der Waals surface area (Å²) >= 11 is 0. The van der Waals surface area contributed by atoms with E-state index in [1.165, 1.54) is 16.3 Å². The molecule has 0 aromatic heterocycles. The number of amides is 1. The highest BCUT2D eigenvalue weighted by Gasteiger charge is 2.37. The zero-order chi connectivity index (χ0) is 13.9. The van der Waals surface area contributed by atoms with Crippen LogP contribution in [0.4, 0.5) is 0 Å². The molecular formula is C10H18N2O5S. The van der Waals surface area contributed by atoms with Crippen molar-refractivity contribution < 1.29 is 23.1 Å². The van der Waals surface area contributed by atoms with Crippen molar-refractivity contribution in [1.29, 1.82) is 0 Å². The summed E-state index contributed by atoms with van der Waals surface area (Å²) < 4.78 is 24.2. The lowest BCUT2D eigenvalue weighted by molar-refractivity contribution is -0.138. The first-order chi connectivity index (χ1) is 8.23. The number of hydrogen-bond acceptors (Lipinski definition) is 4. The van der Waals surface area contributed by atoms with Gasteiger partial charge in [-0.2, -0.15) is 4.31 Å². The van der Waals surface area contributed by atoms with E-state index < -0.39 is 22.0 Å². The Balaban J connectivity index is 2.68. The molecule has 0 aliphatic carbocycles. The summed E-state index contributed by atoms with van der Waals surface area (Å²) in [6, 6.07) is -0.682. The first kappa shape index (κ1) is 14.9. The van der Waals surface area contributed by atoms with Crippen molar-refractivity contribution in [3.05, 3.63) is 0 Å². The van der Waals surface area contributed by atoms with Gasteiger partial charge in [-0.1, -0.05) is 0 Å². The van der Waals surface area contributed by atoms with Crippen LogP contribution in [0.3, 0.4) is 0 Å². The van der Waals surface area contributed by atoms with Crippen molar-refractivity contribution in [2.45, 2.75) is 25.3 Å². The molecule has 1 rings (SSSR count). The highest BCUT2D eigenvalue weighted by molar-refractivity contribution is 7.88. The molecule has 1 unspecified atom stereocenters. The van der Waals surface area contributed by atoms with E-state index in [4.69, 9.17) is 5.11 Å². The van der Waals surface area contributed by atoms with Gasteiger partial charge in [0.25, 0.3) is 0 Å². The second-order valence-corrected chi connectivity index (χ2v) is 6.37. The number of carboxylic acid groups (broad SMARTS) is 1. The summed E-state index contributed by atoms with van der Waals surface area (Å²) in [4.78, 5) is 23.7. The molecule has 0 bridgehead atoms. The Hall–Kier alpha value is -1.15. The number of carbonyl (C=O) groups excluding carboxylic acids is 1. The van der Waals surface area contributed by atoms with Crippen LogP contribution in [0.5, 0.6) is 0 Å². The molecule has 1 aliphatic heterocycles. The molecule has 1 fully saturated rings. The number of rotatable bonds is 5. The van der Waals surface area contributed by atoms with E-state index >= 15 is 0 Å². The summed E-state index contributed by atoms with van der Waals surface area (Å²) in [6.45, 7) is 0.435. The average molecular weight is 278 g/mol. The lowest BCUT2D eigenvalue weighted by Gasteiger charge is -2.26. The van der Waals surface area contributed by atoms with E-state index in [1.54, 1.807) is 0 Å². The molecule has 0 radical (unpaired) electrons. The van der Waals surface area contributed by atoms with Gasteiger partial charge < -0.3 is 10.0 Å². The summed E-state index contributed by atoms with van der Waals surface area (Å²) in [5, 5.41) is 8.55. The fourth-order valence-corrected chi connectivity index (χ4v) is 3.13. The van der Waals surface area contributed by atoms with Crippen LogP contribution in [0.1, 0.15) is 19.3 Å². The Bertz CT molecular complexity index is 434. The molecule has 7 nitrogen and oxygen atoms in total. The Kier molecular flexibility index (Phi) is 4.69. The standard InChI is InChI=1S/C10H18N2O5S/c1-11(7-5-9(13)14)10(15)8-4-3-6-12(8)18(2,16)17/h8H,3-7H2,1-2H3,(H,13,14). The number of carbonyl (C=O) groups is 2. The van der Waals surface area contributed by atoms with Gasteiger partial charge in [0, 0.05) is 20.1 Å². The van der Waals surface area contributed by atoms with Crippen LogP contribution in [0.25, 0.3) is 0 Å². The van der Waals surface area contributed by atoms with Crippen molar-refractivity contribution in [1.82, 2.24) is 9.21 Å². The third-order valence-corrected chi connectivity index (χ3v) is 4.24. The highest BCUT2D eigenvalue weighted by atomic mass is 32.2. The Labute approximate surface area is 106 Å². The minimum absolute atomic E-state index is 0.0856. The van der Waals surface area contributed by atoms with Crippen LogP contribution in [-0.4, -0.2) is 67.0 Å². The van der Waals surface area contributed by atoms with Gasteiger partial charge in [0.15, 0.2) is 0 Å². The van der Waals surface area contributed by atoms with Crippen molar-refractivity contribution in [3.8, 4) is 0 Å². The first-order valence-corrected chi connectivity index (χ1v) is 7.52. The van der Waals surface area contributed by atoms with Gasteiger partial charge in [-0.05, 0) is 12.8 Å². The van der Waals surface area contributed by atoms with Gasteiger partial charge in [0.1, 0.15) is 6.04 Å². The van der Waals surface area contributed by atoms with E-state index in [-0.39, 0.29) is 18.9 Å². The van der Waals surface area contributed by atoms with Gasteiger partial charge in [-0.15, -0.1) is 0 Å². The molecule has 8 heteroatoms. The first-order valence-electron chi connectivity index (χ1n) is 5.67. The molecule has 1 amide bonds. The number of nitrogens with zero attached hydrogens (tertiary/aromatic N) is 2. The minimum atomic E-state index is -3.39. The molecule has 0 spiro atoms. The largest absolute Gasteiger partial charge is 0.481 e. The molecule has 1 aliphatic rings. The smallest absolute Gasteiger partial charge is 0.305 e. The highest BCUT2D eigenvalue weighted by Crippen LogP contribution is 2.21. The monoisotopic (exact) mass is 278 g/mol. The van der Waals surface area contributed by atoms with E-state index in [0.717, 1.165) is 6.26 Å². The maximum Gasteiger partial charge on any atom is 0.305 e. The lowest BCUT2D eigenvalue weighted by Crippen LogP contribution is -2.46. The summed E-state index contributed by atoms with van der Waals surface area (Å²) in [5.74, 6) is -1.32. The summed E-state index contributed by atoms with van der Waals surface area (Å²) in [5.41, 5.74) is 0. The Morgan fingerprint density at radius 2 is 2.06 bits per heavy atom. The normalized spacial score (nSPS) is 20.9. The van der Waals surface area contributed by atoms with Crippen molar-refractivity contribution in [2.24, 2.45) is 0 Å². The SMILES string of the molecule is CN(CCC(=O)O)C(=O)C1CCCN1S(C)(=O)=O. The van der Waals surface area contributed by atoms with Crippen molar-refractivity contribution in [3.63, 3.8) is 0 Å². The number of hydrogen-bond donors (Lipinski definition) is 1. The second-order valence-electron chi connectivity index (χ2n) is 4.44. The summed E-state index contributed by atoms with van der Waals surface area (Å²) in [6.07, 6.45) is 2.07. The van der Waals surface area contributed by atoms with Crippen molar-refractivity contribution in [2.75, 3.05) is 26.4 Å². The maximum absolute atomic E-state index is 12.0. The number of likely N-dealkylation sites (N-methyl/N-ethyl adjacent to an activating group) is 1. The second kappa shape index (κ2) is 5.66. The van der Waals surface area contributed by atoms with Crippen LogP contribution < -0.4 is 0 Å². The molecule has 0 aromatic rings. The molecule has 0 aromatic carbocycles. The third-order valence-electron chi connectivity index (χ3n) is 2.95. The van der Waals surface area contributed by atoms with Gasteiger partial charge in [0.05, 0.1) is 12.7 Å². The molecule has 1 atom stereocenters. The van der Waals surface area contributed by atoms with Gasteiger partial charge in [-0.3, -0.25) is 9.59 Å². The maximum atomic E-state index is 12.0. The predicted molar refractivity (Wildman–Crippen MR) is 64.5 cm³/mol. The predicted octanol–water partition coefficient (Wildman–Crippen LogP) is -0.656. The number of carboxylic acids is 1. The lowest BCUT2D eigenvalue weighted by atomic mass is 10.2. The van der Waals surface area contributed by atoms with Gasteiger partial charge in [0.2, 0.25) is 15.9 Å². The van der Waals surface area contributed by atoms with Gasteiger partial charge in [-0.25, -0.2) is 8.42 Å². The minimum Gasteiger partial charge on any atom is -0.481 e. The molecular weight excluding hydrogens is 260 g/mol. The third kappa shape index (κ3) is 3.67. The molecule has 104 valence electrons. The van der Waals surface area contributed by atoms with Crippen LogP contribution in [0.15, 0.2) is 0 Å². The van der Waals surface area contributed by atoms with Crippen LogP contribution in [0.2, 0.25) is 0 Å². The average Bonchev–Trinajstić information content (AvgIpc) is 2.72. The number of aliphatic carboxylic acids is 1. The fourth-order valence-electron chi connectivity index (χ4n) is 2.01. The number of sulfonamides is 1. The molecule has 0 saturated carbocycles. The van der Waals surface area contributed by atoms with E-state index in [2.05, 4.69) is 0 Å². The fraction of sp³-hybridized carbons (Fsp3) is 0.800. The zero-order valence-corrected chi connectivity index (χ0v) is 11.3. The quantitative estimate of drug-likeness (QED) is 0.720. The Morgan fingerprint density at radius 1 is 1.44 bits per heavy atom. The van der Waals surface area contributed by atoms with Crippen molar-refractivity contribution >= 4 is 21.9 Å². The molecule has 1 N–H and O–H groups in total. The van der Waals surface area contributed by atoms with E-state index in [0.29, 0.717) is 19.4 Å². The van der Waals surface area contributed by atoms with Crippen LogP contribution in [-0.2, 0) is 19.6 Å². The van der Waals surface area contributed by atoms with E-state index in [1.807, 2.05) is 0 Å².